The van der Waals surface area contributed by atoms with Crippen LogP contribution in [-0.4, -0.2) is 45.0 Å². The van der Waals surface area contributed by atoms with Gasteiger partial charge in [-0.15, -0.1) is 21.5 Å². The first-order valence-corrected chi connectivity index (χ1v) is 9.48. The van der Waals surface area contributed by atoms with Crippen molar-refractivity contribution in [2.24, 2.45) is 0 Å². The van der Waals surface area contributed by atoms with Crippen LogP contribution in [-0.2, 0) is 11.3 Å². The van der Waals surface area contributed by atoms with Crippen molar-refractivity contribution >= 4 is 22.9 Å². The number of amides is 1. The molecule has 25 heavy (non-hydrogen) atoms. The highest BCUT2D eigenvalue weighted by Gasteiger charge is 2.25. The molecular weight excluding hydrogens is 334 g/mol. The quantitative estimate of drug-likeness (QED) is 0.763. The second kappa shape index (κ2) is 7.33. The second-order valence-electron chi connectivity index (χ2n) is 6.39. The highest BCUT2D eigenvalue weighted by molar-refractivity contribution is 7.09. The van der Waals surface area contributed by atoms with Gasteiger partial charge < -0.3 is 5.32 Å². The minimum absolute atomic E-state index is 0.0970. The summed E-state index contributed by atoms with van der Waals surface area (Å²) >= 11 is 1.67. The minimum Gasteiger partial charge on any atom is -0.350 e. The maximum Gasteiger partial charge on any atom is 0.234 e. The Morgan fingerprint density at radius 1 is 1.20 bits per heavy atom. The molecule has 0 aliphatic carbocycles. The topological polar surface area (TPSA) is 62.5 Å². The van der Waals surface area contributed by atoms with Crippen LogP contribution in [0.2, 0.25) is 0 Å². The first-order chi connectivity index (χ1) is 12.3. The third-order valence-corrected chi connectivity index (χ3v) is 5.58. The highest BCUT2D eigenvalue weighted by Crippen LogP contribution is 2.26. The number of pyridine rings is 1. The molecular formula is C18H21N5OS. The summed E-state index contributed by atoms with van der Waals surface area (Å²) in [5.74, 6) is 1.54. The van der Waals surface area contributed by atoms with Crippen LogP contribution in [0.4, 0.5) is 0 Å². The third kappa shape index (κ3) is 3.72. The van der Waals surface area contributed by atoms with Gasteiger partial charge in [0, 0.05) is 17.0 Å². The molecule has 1 aliphatic heterocycles. The molecule has 0 aromatic carbocycles. The maximum atomic E-state index is 12.1. The van der Waals surface area contributed by atoms with E-state index in [2.05, 4.69) is 24.8 Å². The van der Waals surface area contributed by atoms with E-state index >= 15 is 0 Å². The van der Waals surface area contributed by atoms with E-state index < -0.39 is 0 Å². The molecule has 0 radical (unpaired) electrons. The number of rotatable bonds is 5. The Bertz CT molecular complexity index is 836. The molecule has 7 heteroatoms. The lowest BCUT2D eigenvalue weighted by Crippen LogP contribution is -2.41. The van der Waals surface area contributed by atoms with E-state index in [9.17, 15) is 4.79 Å². The van der Waals surface area contributed by atoms with Crippen molar-refractivity contribution in [1.82, 2.24) is 24.8 Å². The van der Waals surface area contributed by atoms with Gasteiger partial charge in [0.1, 0.15) is 5.82 Å². The smallest absolute Gasteiger partial charge is 0.234 e. The first kappa shape index (κ1) is 16.2. The van der Waals surface area contributed by atoms with E-state index in [0.717, 1.165) is 37.4 Å². The summed E-state index contributed by atoms with van der Waals surface area (Å²) < 4.78 is 2.08. The lowest BCUT2D eigenvalue weighted by Gasteiger charge is -2.30. The van der Waals surface area contributed by atoms with Crippen molar-refractivity contribution < 1.29 is 4.79 Å². The predicted molar refractivity (Wildman–Crippen MR) is 97.6 cm³/mol. The Balaban J connectivity index is 1.29. The van der Waals surface area contributed by atoms with Gasteiger partial charge in [0.2, 0.25) is 5.91 Å². The van der Waals surface area contributed by atoms with Crippen LogP contribution >= 0.6 is 11.3 Å². The van der Waals surface area contributed by atoms with E-state index in [-0.39, 0.29) is 5.91 Å². The molecule has 3 aromatic heterocycles. The molecule has 0 bridgehead atoms. The summed E-state index contributed by atoms with van der Waals surface area (Å²) in [4.78, 5) is 15.5. The molecule has 0 atom stereocenters. The zero-order chi connectivity index (χ0) is 17.1. The number of hydrogen-bond acceptors (Lipinski definition) is 5. The molecule has 1 N–H and O–H groups in total. The number of nitrogens with one attached hydrogen (secondary N) is 1. The number of hydrogen-bond donors (Lipinski definition) is 1. The van der Waals surface area contributed by atoms with Crippen molar-refractivity contribution in [2.75, 3.05) is 19.6 Å². The van der Waals surface area contributed by atoms with Crippen LogP contribution in [0.15, 0.2) is 41.9 Å². The van der Waals surface area contributed by atoms with E-state index in [1.165, 1.54) is 4.88 Å². The summed E-state index contributed by atoms with van der Waals surface area (Å²) in [7, 11) is 0. The van der Waals surface area contributed by atoms with Gasteiger partial charge in [0.25, 0.3) is 0 Å². The molecule has 4 rings (SSSR count). The average molecular weight is 355 g/mol. The molecule has 1 aliphatic rings. The van der Waals surface area contributed by atoms with E-state index in [0.29, 0.717) is 19.0 Å². The summed E-state index contributed by atoms with van der Waals surface area (Å²) in [5, 5.41) is 13.7. The Morgan fingerprint density at radius 3 is 2.88 bits per heavy atom. The van der Waals surface area contributed by atoms with Gasteiger partial charge in [0.05, 0.1) is 13.1 Å². The molecule has 130 valence electrons. The number of likely N-dealkylation sites (tertiary alicyclic amines) is 1. The van der Waals surface area contributed by atoms with Crippen LogP contribution in [0.3, 0.4) is 0 Å². The molecule has 0 saturated carbocycles. The highest BCUT2D eigenvalue weighted by atomic mass is 32.1. The number of nitrogens with zero attached hydrogens (tertiary/aromatic N) is 4. The molecule has 0 unspecified atom stereocenters. The third-order valence-electron chi connectivity index (χ3n) is 4.70. The van der Waals surface area contributed by atoms with Crippen LogP contribution in [0.5, 0.6) is 0 Å². The Labute approximate surface area is 150 Å². The maximum absolute atomic E-state index is 12.1. The van der Waals surface area contributed by atoms with Crippen molar-refractivity contribution in [3.05, 3.63) is 52.6 Å². The number of aromatic nitrogens is 3. The molecule has 4 heterocycles. The van der Waals surface area contributed by atoms with Crippen molar-refractivity contribution in [3.63, 3.8) is 0 Å². The molecule has 1 fully saturated rings. The molecule has 3 aromatic rings. The van der Waals surface area contributed by atoms with Crippen molar-refractivity contribution in [3.8, 4) is 0 Å². The normalized spacial score (nSPS) is 16.3. The predicted octanol–water partition coefficient (Wildman–Crippen LogP) is 2.29. The van der Waals surface area contributed by atoms with Crippen LogP contribution < -0.4 is 5.32 Å². The van der Waals surface area contributed by atoms with Crippen molar-refractivity contribution in [2.45, 2.75) is 25.3 Å². The standard InChI is InChI=1S/C18H21N5OS/c24-17(19-12-15-4-3-11-25-15)13-22-9-6-14(7-10-22)18-21-20-16-5-1-2-8-23(16)18/h1-5,8,11,14H,6-7,9-10,12-13H2,(H,19,24). The van der Waals surface area contributed by atoms with Crippen LogP contribution in [0.1, 0.15) is 29.5 Å². The van der Waals surface area contributed by atoms with Crippen LogP contribution in [0.25, 0.3) is 5.65 Å². The monoisotopic (exact) mass is 355 g/mol. The summed E-state index contributed by atoms with van der Waals surface area (Å²) in [6, 6.07) is 10.0. The second-order valence-corrected chi connectivity index (χ2v) is 7.43. The lowest BCUT2D eigenvalue weighted by atomic mass is 9.96. The zero-order valence-electron chi connectivity index (χ0n) is 14.0. The number of fused-ring (bicyclic) bond motifs is 1. The fourth-order valence-electron chi connectivity index (χ4n) is 3.35. The van der Waals surface area contributed by atoms with Crippen LogP contribution in [0, 0.1) is 0 Å². The molecule has 0 spiro atoms. The largest absolute Gasteiger partial charge is 0.350 e. The molecule has 1 amide bonds. The fourth-order valence-corrected chi connectivity index (χ4v) is 3.99. The van der Waals surface area contributed by atoms with E-state index in [1.54, 1.807) is 11.3 Å². The summed E-state index contributed by atoms with van der Waals surface area (Å²) in [6.45, 7) is 2.93. The zero-order valence-corrected chi connectivity index (χ0v) is 14.8. The van der Waals surface area contributed by atoms with Crippen molar-refractivity contribution in [1.29, 1.82) is 0 Å². The first-order valence-electron chi connectivity index (χ1n) is 8.61. The van der Waals surface area contributed by atoms with Gasteiger partial charge in [-0.1, -0.05) is 12.1 Å². The number of carbonyl (C=O) groups excluding carboxylic acids is 1. The van der Waals surface area contributed by atoms with Gasteiger partial charge in [-0.05, 0) is 49.5 Å². The number of carbonyl (C=O) groups is 1. The van der Waals surface area contributed by atoms with Gasteiger partial charge in [0.15, 0.2) is 5.65 Å². The summed E-state index contributed by atoms with van der Waals surface area (Å²) in [6.07, 6.45) is 4.04. The Morgan fingerprint density at radius 2 is 2.08 bits per heavy atom. The Kier molecular flexibility index (Phi) is 4.76. The van der Waals surface area contributed by atoms with E-state index in [4.69, 9.17) is 0 Å². The summed E-state index contributed by atoms with van der Waals surface area (Å²) in [5.41, 5.74) is 0.896. The van der Waals surface area contributed by atoms with Gasteiger partial charge >= 0.3 is 0 Å². The lowest BCUT2D eigenvalue weighted by molar-refractivity contribution is -0.122. The van der Waals surface area contributed by atoms with Gasteiger partial charge in [-0.2, -0.15) is 0 Å². The number of piperidine rings is 1. The minimum atomic E-state index is 0.0970. The molecule has 6 nitrogen and oxygen atoms in total. The van der Waals surface area contributed by atoms with Gasteiger partial charge in [-0.25, -0.2) is 0 Å². The Hall–Kier alpha value is -2.25. The SMILES string of the molecule is O=C(CN1CCC(c2nnc3ccccn23)CC1)NCc1cccs1. The average Bonchev–Trinajstić information content (AvgIpc) is 3.30. The fraction of sp³-hybridized carbons (Fsp3) is 0.389. The van der Waals surface area contributed by atoms with Gasteiger partial charge in [-0.3, -0.25) is 14.1 Å². The molecule has 1 saturated heterocycles. The number of thiophene rings is 1. The van der Waals surface area contributed by atoms with E-state index in [1.807, 2.05) is 41.9 Å².